The number of nitrogens with one attached hydrogen (secondary N) is 2. The monoisotopic (exact) mass is 463 g/mol. The summed E-state index contributed by atoms with van der Waals surface area (Å²) in [5.74, 6) is -2.97. The third-order valence-electron chi connectivity index (χ3n) is 4.66. The Kier molecular flexibility index (Phi) is 9.21. The van der Waals surface area contributed by atoms with Gasteiger partial charge in [0.1, 0.15) is 0 Å². The second-order valence-corrected chi connectivity index (χ2v) is 6.85. The second kappa shape index (κ2) is 12.3. The Morgan fingerprint density at radius 1 is 0.735 bits per heavy atom. The summed E-state index contributed by atoms with van der Waals surface area (Å²) in [5, 5.41) is 32.8. The van der Waals surface area contributed by atoms with Crippen molar-refractivity contribution in [2.24, 2.45) is 0 Å². The number of benzene rings is 3. The maximum Gasteiger partial charge on any atom is 0.337 e. The van der Waals surface area contributed by atoms with Crippen molar-refractivity contribution < 1.29 is 29.7 Å². The van der Waals surface area contributed by atoms with E-state index in [0.29, 0.717) is 17.1 Å². The molecule has 0 unspecified atom stereocenters. The number of rotatable bonds is 9. The van der Waals surface area contributed by atoms with Gasteiger partial charge < -0.3 is 30.9 Å². The molecule has 0 saturated heterocycles. The van der Waals surface area contributed by atoms with Gasteiger partial charge in [0.05, 0.1) is 40.4 Å². The molecule has 0 aliphatic heterocycles. The lowest BCUT2D eigenvalue weighted by molar-refractivity contribution is 0.0687. The van der Waals surface area contributed by atoms with Crippen molar-refractivity contribution in [1.82, 2.24) is 0 Å². The summed E-state index contributed by atoms with van der Waals surface area (Å²) in [5.41, 5.74) is 2.17. The highest BCUT2D eigenvalue weighted by atomic mass is 16.4. The zero-order valence-electron chi connectivity index (χ0n) is 18.4. The number of hydrogen-bond acceptors (Lipinski definition) is 6. The van der Waals surface area contributed by atoms with Crippen molar-refractivity contribution in [2.45, 2.75) is 0 Å². The number of carboxylic acids is 3. The molecular formula is C25H25N3O6. The van der Waals surface area contributed by atoms with E-state index in [1.54, 1.807) is 78.8 Å². The summed E-state index contributed by atoms with van der Waals surface area (Å²) < 4.78 is 0. The van der Waals surface area contributed by atoms with Crippen molar-refractivity contribution in [3.05, 3.63) is 102 Å². The zero-order chi connectivity index (χ0) is 25.1. The number of hydrogen-bond donors (Lipinski definition) is 5. The van der Waals surface area contributed by atoms with Gasteiger partial charge >= 0.3 is 17.9 Å². The Morgan fingerprint density at radius 3 is 1.53 bits per heavy atom. The molecule has 176 valence electrons. The first-order valence-corrected chi connectivity index (χ1v) is 10.1. The second-order valence-electron chi connectivity index (χ2n) is 6.85. The average molecular weight is 463 g/mol. The lowest BCUT2D eigenvalue weighted by Crippen LogP contribution is -2.16. The minimum atomic E-state index is -1.02. The Labute approximate surface area is 196 Å². The Balaban J connectivity index is 0.000000270. The first kappa shape index (κ1) is 25.5. The molecule has 0 amide bonds. The van der Waals surface area contributed by atoms with Crippen molar-refractivity contribution in [3.8, 4) is 0 Å². The van der Waals surface area contributed by atoms with Crippen LogP contribution in [0.1, 0.15) is 31.1 Å². The van der Waals surface area contributed by atoms with Crippen molar-refractivity contribution >= 4 is 35.0 Å². The topological polar surface area (TPSA) is 139 Å². The quantitative estimate of drug-likeness (QED) is 0.290. The molecule has 0 atom stereocenters. The van der Waals surface area contributed by atoms with E-state index in [1.807, 2.05) is 0 Å². The molecule has 0 bridgehead atoms. The molecule has 9 nitrogen and oxygen atoms in total. The molecule has 0 spiro atoms. The number of carbonyl (C=O) groups is 3. The van der Waals surface area contributed by atoms with Crippen LogP contribution in [-0.2, 0) is 0 Å². The lowest BCUT2D eigenvalue weighted by Gasteiger charge is -2.15. The Bertz CT molecular complexity index is 1120. The number of anilines is 3. The van der Waals surface area contributed by atoms with Crippen LogP contribution in [0, 0.1) is 0 Å². The Morgan fingerprint density at radius 2 is 1.12 bits per heavy atom. The van der Waals surface area contributed by atoms with Gasteiger partial charge in [0.25, 0.3) is 0 Å². The predicted molar refractivity (Wildman–Crippen MR) is 131 cm³/mol. The summed E-state index contributed by atoms with van der Waals surface area (Å²) in [6.45, 7) is 3.77. The van der Waals surface area contributed by atoms with Crippen LogP contribution < -0.4 is 15.5 Å². The highest BCUT2D eigenvalue weighted by Crippen LogP contribution is 2.19. The van der Waals surface area contributed by atoms with Gasteiger partial charge in [-0.15, -0.1) is 0 Å². The van der Waals surface area contributed by atoms with E-state index >= 15 is 0 Å². The van der Waals surface area contributed by atoms with Crippen LogP contribution in [0.5, 0.6) is 0 Å². The molecular weight excluding hydrogens is 438 g/mol. The highest BCUT2D eigenvalue weighted by molar-refractivity contribution is 5.95. The zero-order valence-corrected chi connectivity index (χ0v) is 18.4. The van der Waals surface area contributed by atoms with Crippen LogP contribution in [0.4, 0.5) is 17.1 Å². The molecule has 5 N–H and O–H groups in total. The molecule has 0 aliphatic rings. The molecule has 0 saturated carbocycles. The summed E-state index contributed by atoms with van der Waals surface area (Å²) in [7, 11) is 1.76. The molecule has 3 aromatic rings. The van der Waals surface area contributed by atoms with Crippen molar-refractivity contribution in [2.75, 3.05) is 29.2 Å². The minimum absolute atomic E-state index is 0.158. The van der Waals surface area contributed by atoms with Crippen molar-refractivity contribution in [1.29, 1.82) is 0 Å². The molecule has 0 fully saturated rings. The third-order valence-corrected chi connectivity index (χ3v) is 4.66. The molecule has 0 aromatic heterocycles. The van der Waals surface area contributed by atoms with Crippen LogP contribution in [0.3, 0.4) is 0 Å². The molecule has 0 heterocycles. The van der Waals surface area contributed by atoms with Gasteiger partial charge in [-0.1, -0.05) is 43.0 Å². The van der Waals surface area contributed by atoms with E-state index in [9.17, 15) is 14.4 Å². The minimum Gasteiger partial charge on any atom is -0.478 e. The maximum absolute atomic E-state index is 11.1. The number of nitrogens with zero attached hydrogens (tertiary/aromatic N) is 1. The van der Waals surface area contributed by atoms with Gasteiger partial charge in [-0.05, 0) is 42.6 Å². The molecule has 3 rings (SSSR count). The first-order chi connectivity index (χ1) is 16.3. The largest absolute Gasteiger partial charge is 0.478 e. The fraction of sp³-hybridized carbons (Fsp3) is 0.0800. The fourth-order valence-electron chi connectivity index (χ4n) is 2.94. The summed E-state index contributed by atoms with van der Waals surface area (Å²) in [4.78, 5) is 34.6. The van der Waals surface area contributed by atoms with Gasteiger partial charge in [0, 0.05) is 7.05 Å². The Hall–Kier alpha value is -4.79. The molecule has 9 heteroatoms. The molecule has 0 aliphatic carbocycles. The van der Waals surface area contributed by atoms with Crippen LogP contribution in [-0.4, -0.2) is 46.9 Å². The van der Waals surface area contributed by atoms with E-state index in [4.69, 9.17) is 15.3 Å². The van der Waals surface area contributed by atoms with Gasteiger partial charge in [-0.25, -0.2) is 14.4 Å². The van der Waals surface area contributed by atoms with Gasteiger partial charge in [-0.3, -0.25) is 0 Å². The first-order valence-electron chi connectivity index (χ1n) is 10.1. The average Bonchev–Trinajstić information content (AvgIpc) is 2.84. The van der Waals surface area contributed by atoms with Crippen LogP contribution in [0.2, 0.25) is 0 Å². The van der Waals surface area contributed by atoms with Gasteiger partial charge in [0.2, 0.25) is 0 Å². The third kappa shape index (κ3) is 6.86. The highest BCUT2D eigenvalue weighted by Gasteiger charge is 2.11. The van der Waals surface area contributed by atoms with Crippen molar-refractivity contribution in [3.63, 3.8) is 0 Å². The normalized spacial score (nSPS) is 9.68. The van der Waals surface area contributed by atoms with Gasteiger partial charge in [-0.2, -0.15) is 0 Å². The van der Waals surface area contributed by atoms with Crippen LogP contribution >= 0.6 is 0 Å². The number of carboxylic acid groups (broad SMARTS) is 3. The van der Waals surface area contributed by atoms with Gasteiger partial charge in [0.15, 0.2) is 0 Å². The van der Waals surface area contributed by atoms with E-state index in [-0.39, 0.29) is 23.4 Å². The van der Waals surface area contributed by atoms with Crippen LogP contribution in [0.25, 0.3) is 0 Å². The van der Waals surface area contributed by atoms with E-state index < -0.39 is 17.9 Å². The number of para-hydroxylation sites is 3. The van der Waals surface area contributed by atoms with E-state index in [0.717, 1.165) is 0 Å². The summed E-state index contributed by atoms with van der Waals surface area (Å²) in [6.07, 6.45) is 1.57. The SMILES string of the molecule is C=CN(C)c1ccccc1C(=O)O.O=C(O)c1ccccc1NCNc1ccccc1C(=O)O. The fourth-order valence-corrected chi connectivity index (χ4v) is 2.94. The smallest absolute Gasteiger partial charge is 0.337 e. The summed E-state index contributed by atoms with van der Waals surface area (Å²) in [6, 6.07) is 19.8. The predicted octanol–water partition coefficient (Wildman–Crippen LogP) is 4.53. The van der Waals surface area contributed by atoms with Crippen LogP contribution in [0.15, 0.2) is 85.6 Å². The standard InChI is InChI=1S/C15H14N2O4.C10H11NO2/c18-14(19)10-5-1-3-7-12(10)16-9-17-13-8-4-2-6-11(13)15(20)21;1-3-11(2)9-7-5-4-6-8(9)10(12)13/h1-8,16-17H,9H2,(H,18,19)(H,20,21);3-7H,1H2,2H3,(H,12,13). The maximum atomic E-state index is 11.1. The lowest BCUT2D eigenvalue weighted by atomic mass is 10.1. The molecule has 34 heavy (non-hydrogen) atoms. The number of aromatic carboxylic acids is 3. The van der Waals surface area contributed by atoms with E-state index in [1.165, 1.54) is 12.1 Å². The molecule has 0 radical (unpaired) electrons. The molecule has 3 aromatic carbocycles. The summed E-state index contributed by atoms with van der Waals surface area (Å²) >= 11 is 0. The van der Waals surface area contributed by atoms with E-state index in [2.05, 4.69) is 17.2 Å².